The third kappa shape index (κ3) is 1.61. The van der Waals surface area contributed by atoms with E-state index in [1.54, 1.807) is 21.3 Å². The number of fused-ring (bicyclic) bond motifs is 3. The van der Waals surface area contributed by atoms with Gasteiger partial charge in [0.2, 0.25) is 5.75 Å². The molecule has 1 amide bonds. The van der Waals surface area contributed by atoms with E-state index in [1.807, 2.05) is 16.7 Å². The van der Waals surface area contributed by atoms with Gasteiger partial charge in [-0.1, -0.05) is 0 Å². The second-order valence-electron chi connectivity index (χ2n) is 4.52. The number of hydrogen-bond acceptors (Lipinski definition) is 4. The summed E-state index contributed by atoms with van der Waals surface area (Å²) in [5.41, 5.74) is 1.48. The number of nitrogens with zero attached hydrogens (tertiary/aromatic N) is 1. The molecule has 1 N–H and O–H groups in total. The maximum absolute atomic E-state index is 11.9. The molecular formula is C14H16N2O4. The van der Waals surface area contributed by atoms with E-state index in [0.717, 1.165) is 10.9 Å². The van der Waals surface area contributed by atoms with Crippen molar-refractivity contribution in [3.8, 4) is 17.2 Å². The van der Waals surface area contributed by atoms with Crippen LogP contribution in [0.15, 0.2) is 12.1 Å². The molecule has 20 heavy (non-hydrogen) atoms. The second-order valence-corrected chi connectivity index (χ2v) is 4.52. The van der Waals surface area contributed by atoms with Gasteiger partial charge in [0.15, 0.2) is 11.5 Å². The van der Waals surface area contributed by atoms with Crippen molar-refractivity contribution in [3.63, 3.8) is 0 Å². The highest BCUT2D eigenvalue weighted by Gasteiger charge is 2.25. The monoisotopic (exact) mass is 276 g/mol. The van der Waals surface area contributed by atoms with Crippen LogP contribution in [0.25, 0.3) is 10.9 Å². The molecule has 0 saturated heterocycles. The zero-order valence-corrected chi connectivity index (χ0v) is 11.6. The average molecular weight is 276 g/mol. The standard InChI is InChI=1S/C14H16N2O4/c1-18-10-7-8-6-9-14(17)15-4-5-16(9)11(8)13(20-3)12(10)19-2/h6-7H,4-5H2,1-3H3,(H,15,17). The SMILES string of the molecule is COc1cc2cc3n(c2c(OC)c1OC)CCNC3=O. The van der Waals surface area contributed by atoms with Crippen molar-refractivity contribution in [3.05, 3.63) is 17.8 Å². The van der Waals surface area contributed by atoms with E-state index in [-0.39, 0.29) is 5.91 Å². The Morgan fingerprint density at radius 2 is 1.85 bits per heavy atom. The zero-order chi connectivity index (χ0) is 14.3. The largest absolute Gasteiger partial charge is 0.493 e. The van der Waals surface area contributed by atoms with Gasteiger partial charge in [-0.25, -0.2) is 0 Å². The number of methoxy groups -OCH3 is 3. The number of carbonyl (C=O) groups is 1. The third-order valence-electron chi connectivity index (χ3n) is 3.54. The van der Waals surface area contributed by atoms with Crippen LogP contribution < -0.4 is 19.5 Å². The molecule has 1 aromatic carbocycles. The molecule has 2 heterocycles. The molecule has 106 valence electrons. The van der Waals surface area contributed by atoms with E-state index in [4.69, 9.17) is 14.2 Å². The number of rotatable bonds is 3. The van der Waals surface area contributed by atoms with Crippen molar-refractivity contribution in [1.82, 2.24) is 9.88 Å². The van der Waals surface area contributed by atoms with Crippen molar-refractivity contribution in [1.29, 1.82) is 0 Å². The lowest BCUT2D eigenvalue weighted by Gasteiger charge is -2.19. The minimum Gasteiger partial charge on any atom is -0.493 e. The summed E-state index contributed by atoms with van der Waals surface area (Å²) in [6.07, 6.45) is 0. The van der Waals surface area contributed by atoms with Crippen LogP contribution in [-0.4, -0.2) is 38.3 Å². The number of aromatic nitrogens is 1. The van der Waals surface area contributed by atoms with Crippen molar-refractivity contribution in [2.24, 2.45) is 0 Å². The van der Waals surface area contributed by atoms with Gasteiger partial charge in [-0.05, 0) is 12.1 Å². The number of hydrogen-bond donors (Lipinski definition) is 1. The number of nitrogens with one attached hydrogen (secondary N) is 1. The fourth-order valence-corrected chi connectivity index (χ4v) is 2.69. The summed E-state index contributed by atoms with van der Waals surface area (Å²) >= 11 is 0. The second kappa shape index (κ2) is 4.63. The minimum atomic E-state index is -0.0764. The molecule has 3 rings (SSSR count). The highest BCUT2D eigenvalue weighted by Crippen LogP contribution is 2.44. The molecule has 1 aliphatic rings. The topological polar surface area (TPSA) is 61.7 Å². The predicted octanol–water partition coefficient (Wildman–Crippen LogP) is 1.41. The molecule has 0 fully saturated rings. The Morgan fingerprint density at radius 1 is 1.10 bits per heavy atom. The van der Waals surface area contributed by atoms with E-state index < -0.39 is 0 Å². The Kier molecular flexibility index (Phi) is 2.93. The van der Waals surface area contributed by atoms with Gasteiger partial charge >= 0.3 is 0 Å². The van der Waals surface area contributed by atoms with Crippen molar-refractivity contribution >= 4 is 16.8 Å². The molecule has 0 spiro atoms. The van der Waals surface area contributed by atoms with Crippen LogP contribution in [0.3, 0.4) is 0 Å². The molecule has 0 bridgehead atoms. The summed E-state index contributed by atoms with van der Waals surface area (Å²) in [4.78, 5) is 11.9. The summed E-state index contributed by atoms with van der Waals surface area (Å²) in [6.45, 7) is 1.31. The molecule has 0 radical (unpaired) electrons. The number of ether oxygens (including phenoxy) is 3. The molecule has 1 aromatic heterocycles. The Labute approximate surface area is 116 Å². The first-order valence-electron chi connectivity index (χ1n) is 6.31. The molecule has 6 nitrogen and oxygen atoms in total. The Hall–Kier alpha value is -2.37. The summed E-state index contributed by atoms with van der Waals surface area (Å²) in [7, 11) is 4.73. The summed E-state index contributed by atoms with van der Waals surface area (Å²) in [6, 6.07) is 3.70. The van der Waals surface area contributed by atoms with Crippen LogP contribution in [0.2, 0.25) is 0 Å². The first kappa shape index (κ1) is 12.7. The molecule has 2 aromatic rings. The van der Waals surface area contributed by atoms with Crippen LogP contribution in [-0.2, 0) is 6.54 Å². The van der Waals surface area contributed by atoms with Crippen molar-refractivity contribution < 1.29 is 19.0 Å². The lowest BCUT2D eigenvalue weighted by molar-refractivity contribution is 0.0929. The van der Waals surface area contributed by atoms with Crippen LogP contribution in [0, 0.1) is 0 Å². The van der Waals surface area contributed by atoms with E-state index >= 15 is 0 Å². The molecule has 1 aliphatic heterocycles. The molecule has 0 aliphatic carbocycles. The Balaban J connectivity index is 2.39. The fourth-order valence-electron chi connectivity index (χ4n) is 2.69. The van der Waals surface area contributed by atoms with E-state index in [0.29, 0.717) is 36.0 Å². The maximum atomic E-state index is 11.9. The third-order valence-corrected chi connectivity index (χ3v) is 3.54. The van der Waals surface area contributed by atoms with Crippen molar-refractivity contribution in [2.45, 2.75) is 6.54 Å². The highest BCUT2D eigenvalue weighted by atomic mass is 16.5. The first-order chi connectivity index (χ1) is 9.71. The number of carbonyl (C=O) groups excluding carboxylic acids is 1. The van der Waals surface area contributed by atoms with E-state index in [9.17, 15) is 4.79 Å². The van der Waals surface area contributed by atoms with Gasteiger partial charge in [-0.3, -0.25) is 4.79 Å². The number of amides is 1. The van der Waals surface area contributed by atoms with Crippen LogP contribution in [0.5, 0.6) is 17.2 Å². The first-order valence-corrected chi connectivity index (χ1v) is 6.31. The Morgan fingerprint density at radius 3 is 2.50 bits per heavy atom. The molecule has 0 saturated carbocycles. The zero-order valence-electron chi connectivity index (χ0n) is 11.6. The summed E-state index contributed by atoms with van der Waals surface area (Å²) in [5.74, 6) is 1.63. The summed E-state index contributed by atoms with van der Waals surface area (Å²) < 4.78 is 18.2. The van der Waals surface area contributed by atoms with E-state index in [1.165, 1.54) is 0 Å². The maximum Gasteiger partial charge on any atom is 0.268 e. The highest BCUT2D eigenvalue weighted by molar-refractivity contribution is 6.02. The quantitative estimate of drug-likeness (QED) is 0.920. The van der Waals surface area contributed by atoms with Gasteiger partial charge in [0, 0.05) is 18.5 Å². The molecule has 0 atom stereocenters. The van der Waals surface area contributed by atoms with Gasteiger partial charge < -0.3 is 24.1 Å². The van der Waals surface area contributed by atoms with Crippen LogP contribution in [0.4, 0.5) is 0 Å². The minimum absolute atomic E-state index is 0.0764. The lowest BCUT2D eigenvalue weighted by Crippen LogP contribution is -2.34. The molecule has 0 unspecified atom stereocenters. The van der Waals surface area contributed by atoms with Gasteiger partial charge in [0.25, 0.3) is 5.91 Å². The van der Waals surface area contributed by atoms with Gasteiger partial charge in [0.1, 0.15) is 5.69 Å². The van der Waals surface area contributed by atoms with Gasteiger partial charge in [-0.15, -0.1) is 0 Å². The molecular weight excluding hydrogens is 260 g/mol. The van der Waals surface area contributed by atoms with Crippen molar-refractivity contribution in [2.75, 3.05) is 27.9 Å². The van der Waals surface area contributed by atoms with Crippen LogP contribution in [0.1, 0.15) is 10.5 Å². The van der Waals surface area contributed by atoms with Gasteiger partial charge in [0.05, 0.1) is 26.8 Å². The molecule has 6 heteroatoms. The van der Waals surface area contributed by atoms with Gasteiger partial charge in [-0.2, -0.15) is 0 Å². The van der Waals surface area contributed by atoms with E-state index in [2.05, 4.69) is 5.32 Å². The normalized spacial score (nSPS) is 13.8. The van der Waals surface area contributed by atoms with Crippen LogP contribution >= 0.6 is 0 Å². The Bertz CT molecular complexity index is 690. The smallest absolute Gasteiger partial charge is 0.268 e. The average Bonchev–Trinajstić information content (AvgIpc) is 2.85. The number of benzene rings is 1. The summed E-state index contributed by atoms with van der Waals surface area (Å²) in [5, 5.41) is 3.73. The fraction of sp³-hybridized carbons (Fsp3) is 0.357. The lowest BCUT2D eigenvalue weighted by atomic mass is 10.2. The predicted molar refractivity (Wildman–Crippen MR) is 73.9 cm³/mol.